The maximum atomic E-state index is 12.8. The van der Waals surface area contributed by atoms with E-state index in [0.717, 1.165) is 16.5 Å². The molecule has 2 N–H and O–H groups in total. The number of hydrogen-bond acceptors (Lipinski definition) is 7. The average molecular weight is 414 g/mol. The van der Waals surface area contributed by atoms with Gasteiger partial charge in [-0.1, -0.05) is 29.8 Å². The maximum Gasteiger partial charge on any atom is 0.338 e. The Morgan fingerprint density at radius 2 is 2.14 bits per heavy atom. The molecule has 0 spiro atoms. The van der Waals surface area contributed by atoms with Gasteiger partial charge < -0.3 is 19.9 Å². The highest BCUT2D eigenvalue weighted by Gasteiger charge is 2.38. The molecule has 1 aliphatic heterocycles. The fourth-order valence-electron chi connectivity index (χ4n) is 3.30. The molecule has 0 saturated carbocycles. The van der Waals surface area contributed by atoms with Gasteiger partial charge in [0.25, 0.3) is 0 Å². The van der Waals surface area contributed by atoms with E-state index in [2.05, 4.69) is 4.98 Å². The highest BCUT2D eigenvalue weighted by Crippen LogP contribution is 2.42. The van der Waals surface area contributed by atoms with E-state index in [-0.39, 0.29) is 41.2 Å². The van der Waals surface area contributed by atoms with Gasteiger partial charge in [0, 0.05) is 18.1 Å². The highest BCUT2D eigenvalue weighted by molar-refractivity contribution is 6.31. The monoisotopic (exact) mass is 413 g/mol. The topological polar surface area (TPSA) is 107 Å². The van der Waals surface area contributed by atoms with Gasteiger partial charge in [0.1, 0.15) is 29.2 Å². The Bertz CT molecular complexity index is 1090. The lowest BCUT2D eigenvalue weighted by Gasteiger charge is -2.27. The molecule has 0 bridgehead atoms. The van der Waals surface area contributed by atoms with Gasteiger partial charge in [0.15, 0.2) is 0 Å². The summed E-state index contributed by atoms with van der Waals surface area (Å²) in [5, 5.41) is 10.7. The van der Waals surface area contributed by atoms with Gasteiger partial charge in [0.2, 0.25) is 5.88 Å². The van der Waals surface area contributed by atoms with Crippen LogP contribution in [-0.2, 0) is 19.0 Å². The van der Waals surface area contributed by atoms with E-state index in [1.165, 1.54) is 7.11 Å². The van der Waals surface area contributed by atoms with Crippen LogP contribution in [0.4, 0.5) is 0 Å². The summed E-state index contributed by atoms with van der Waals surface area (Å²) >= 11 is 6.50. The van der Waals surface area contributed by atoms with Crippen molar-refractivity contribution in [3.8, 4) is 6.07 Å². The average Bonchev–Trinajstić information content (AvgIpc) is 2.68. The van der Waals surface area contributed by atoms with Crippen LogP contribution in [0, 0.1) is 18.3 Å². The van der Waals surface area contributed by atoms with Crippen LogP contribution in [0.1, 0.15) is 24.0 Å². The number of aromatic nitrogens is 1. The van der Waals surface area contributed by atoms with Crippen LogP contribution in [0.15, 0.2) is 47.1 Å². The minimum Gasteiger partial charge on any atom is -0.460 e. The van der Waals surface area contributed by atoms with E-state index in [9.17, 15) is 10.1 Å². The number of nitrogens with zero attached hydrogens (tertiary/aromatic N) is 2. The standard InChI is InChI=1S/C21H20ClN3O4/c1-11-5-4-6-13-9-14(19(22)25-18(11)13)17-15(10-23)20(24)29-12(2)16(17)21(26)28-8-7-27-3/h4-6,9,17H,7-8,24H2,1-3H3/t17-/m0/s1. The van der Waals surface area contributed by atoms with Gasteiger partial charge in [-0.05, 0) is 25.5 Å². The predicted octanol–water partition coefficient (Wildman–Crippen LogP) is 3.47. The SMILES string of the molecule is COCCOC(=O)C1=C(C)OC(N)=C(C#N)[C@@H]1c1cc2cccc(C)c2nc1Cl. The lowest BCUT2D eigenvalue weighted by atomic mass is 9.83. The highest BCUT2D eigenvalue weighted by atomic mass is 35.5. The van der Waals surface area contributed by atoms with Crippen LogP contribution in [0.25, 0.3) is 10.9 Å². The number of carbonyl (C=O) groups is 1. The molecule has 0 radical (unpaired) electrons. The molecule has 29 heavy (non-hydrogen) atoms. The number of allylic oxidation sites excluding steroid dienone is 2. The number of nitrogens with two attached hydrogens (primary N) is 1. The number of ether oxygens (including phenoxy) is 3. The summed E-state index contributed by atoms with van der Waals surface area (Å²) in [6.45, 7) is 3.82. The van der Waals surface area contributed by atoms with Crippen LogP contribution in [0.5, 0.6) is 0 Å². The molecule has 1 aromatic carbocycles. The summed E-state index contributed by atoms with van der Waals surface area (Å²) in [5.74, 6) is -1.32. The summed E-state index contributed by atoms with van der Waals surface area (Å²) in [6.07, 6.45) is 0. The minimum absolute atomic E-state index is 0.0583. The van der Waals surface area contributed by atoms with E-state index in [1.807, 2.05) is 37.3 Å². The second-order valence-electron chi connectivity index (χ2n) is 6.54. The van der Waals surface area contributed by atoms with Crippen molar-refractivity contribution in [3.05, 3.63) is 63.3 Å². The number of benzene rings is 1. The van der Waals surface area contributed by atoms with Crippen LogP contribution in [0.2, 0.25) is 5.15 Å². The van der Waals surface area contributed by atoms with E-state index in [1.54, 1.807) is 6.92 Å². The Morgan fingerprint density at radius 1 is 1.38 bits per heavy atom. The Balaban J connectivity index is 2.17. The van der Waals surface area contributed by atoms with Crippen molar-refractivity contribution in [2.75, 3.05) is 20.3 Å². The van der Waals surface area contributed by atoms with Crippen LogP contribution in [0.3, 0.4) is 0 Å². The molecule has 1 aliphatic rings. The molecule has 1 atom stereocenters. The molecule has 150 valence electrons. The van der Waals surface area contributed by atoms with Gasteiger partial charge in [0.05, 0.1) is 23.6 Å². The number of esters is 1. The zero-order valence-electron chi connectivity index (χ0n) is 16.3. The van der Waals surface area contributed by atoms with Crippen molar-refractivity contribution in [2.24, 2.45) is 5.73 Å². The van der Waals surface area contributed by atoms with Gasteiger partial charge in [-0.3, -0.25) is 0 Å². The minimum atomic E-state index is -0.853. The number of fused-ring (bicyclic) bond motifs is 1. The van der Waals surface area contributed by atoms with Crippen molar-refractivity contribution in [1.82, 2.24) is 4.98 Å². The summed E-state index contributed by atoms with van der Waals surface area (Å²) in [6, 6.07) is 9.57. The van der Waals surface area contributed by atoms with E-state index in [0.29, 0.717) is 5.56 Å². The summed E-state index contributed by atoms with van der Waals surface area (Å²) < 4.78 is 15.6. The maximum absolute atomic E-state index is 12.8. The molecule has 8 heteroatoms. The van der Waals surface area contributed by atoms with Crippen molar-refractivity contribution < 1.29 is 19.0 Å². The number of rotatable bonds is 5. The van der Waals surface area contributed by atoms with Crippen LogP contribution >= 0.6 is 11.6 Å². The van der Waals surface area contributed by atoms with Crippen molar-refractivity contribution >= 4 is 28.5 Å². The Labute approximate surface area is 173 Å². The number of aryl methyl sites for hydroxylation is 1. The molecule has 0 unspecified atom stereocenters. The first kappa shape index (κ1) is 20.6. The summed E-state index contributed by atoms with van der Waals surface area (Å²) in [7, 11) is 1.50. The molecule has 2 aromatic rings. The Kier molecular flexibility index (Phi) is 6.06. The molecule has 0 fully saturated rings. The number of methoxy groups -OCH3 is 1. The molecular weight excluding hydrogens is 394 g/mol. The number of nitriles is 1. The molecule has 0 saturated heterocycles. The quantitative estimate of drug-likeness (QED) is 0.454. The summed E-state index contributed by atoms with van der Waals surface area (Å²) in [5.41, 5.74) is 8.36. The Hall–Kier alpha value is -3.08. The number of carbonyl (C=O) groups excluding carboxylic acids is 1. The zero-order chi connectivity index (χ0) is 21.1. The van der Waals surface area contributed by atoms with Gasteiger partial charge in [-0.15, -0.1) is 0 Å². The van der Waals surface area contributed by atoms with Gasteiger partial charge in [-0.2, -0.15) is 5.26 Å². The first-order valence-electron chi connectivity index (χ1n) is 8.89. The molecule has 7 nitrogen and oxygen atoms in total. The lowest BCUT2D eigenvalue weighted by molar-refractivity contribution is -0.140. The predicted molar refractivity (Wildman–Crippen MR) is 108 cm³/mol. The number of hydrogen-bond donors (Lipinski definition) is 1. The van der Waals surface area contributed by atoms with Gasteiger partial charge in [-0.25, -0.2) is 9.78 Å². The van der Waals surface area contributed by atoms with Crippen molar-refractivity contribution in [3.63, 3.8) is 0 Å². The first-order valence-corrected chi connectivity index (χ1v) is 9.27. The Morgan fingerprint density at radius 3 is 2.83 bits per heavy atom. The number of para-hydroxylation sites is 1. The van der Waals surface area contributed by atoms with Gasteiger partial charge >= 0.3 is 5.97 Å². The van der Waals surface area contributed by atoms with Crippen LogP contribution < -0.4 is 5.73 Å². The third kappa shape index (κ3) is 3.90. The molecule has 1 aromatic heterocycles. The van der Waals surface area contributed by atoms with Crippen LogP contribution in [-0.4, -0.2) is 31.3 Å². The molecule has 2 heterocycles. The number of pyridine rings is 1. The van der Waals surface area contributed by atoms with Crippen molar-refractivity contribution in [2.45, 2.75) is 19.8 Å². The zero-order valence-corrected chi connectivity index (χ0v) is 17.0. The molecular formula is C21H20ClN3O4. The first-order chi connectivity index (χ1) is 13.9. The van der Waals surface area contributed by atoms with E-state index in [4.69, 9.17) is 31.5 Å². The van der Waals surface area contributed by atoms with Crippen molar-refractivity contribution in [1.29, 1.82) is 5.26 Å². The fourth-order valence-corrected chi connectivity index (χ4v) is 3.54. The lowest BCUT2D eigenvalue weighted by Crippen LogP contribution is -2.26. The molecule has 3 rings (SSSR count). The second kappa shape index (κ2) is 8.52. The third-order valence-corrected chi connectivity index (χ3v) is 4.99. The van der Waals surface area contributed by atoms with E-state index < -0.39 is 11.9 Å². The fraction of sp³-hybridized carbons (Fsp3) is 0.286. The third-order valence-electron chi connectivity index (χ3n) is 4.69. The molecule has 0 aliphatic carbocycles. The number of halogens is 1. The second-order valence-corrected chi connectivity index (χ2v) is 6.90. The largest absolute Gasteiger partial charge is 0.460 e. The smallest absolute Gasteiger partial charge is 0.338 e. The summed E-state index contributed by atoms with van der Waals surface area (Å²) in [4.78, 5) is 17.3. The normalized spacial score (nSPS) is 16.6. The molecule has 0 amide bonds. The van der Waals surface area contributed by atoms with E-state index >= 15 is 0 Å².